The van der Waals surface area contributed by atoms with Crippen molar-refractivity contribution in [1.82, 2.24) is 0 Å². The summed E-state index contributed by atoms with van der Waals surface area (Å²) in [4.78, 5) is 11.6. The zero-order valence-electron chi connectivity index (χ0n) is 9.00. The van der Waals surface area contributed by atoms with Crippen LogP contribution in [0.3, 0.4) is 0 Å². The van der Waals surface area contributed by atoms with Gasteiger partial charge in [-0.1, -0.05) is 25.4 Å². The summed E-state index contributed by atoms with van der Waals surface area (Å²) < 4.78 is 13.3. The van der Waals surface area contributed by atoms with E-state index >= 15 is 0 Å². The molecule has 1 N–H and O–H groups in total. The van der Waals surface area contributed by atoms with Gasteiger partial charge in [0.15, 0.2) is 0 Å². The molecule has 1 atom stereocenters. The molecule has 88 valence electrons. The lowest BCUT2D eigenvalue weighted by Crippen LogP contribution is -2.27. The number of hydrogen-bond acceptors (Lipinski definition) is 2. The van der Waals surface area contributed by atoms with Crippen LogP contribution in [0.2, 0.25) is 5.02 Å². The summed E-state index contributed by atoms with van der Waals surface area (Å²) in [5, 5.41) is 2.36. The highest BCUT2D eigenvalue weighted by molar-refractivity contribution is 7.81. The molecule has 0 aliphatic heterocycles. The summed E-state index contributed by atoms with van der Waals surface area (Å²) in [5.41, 5.74) is 0.0807. The van der Waals surface area contributed by atoms with Crippen molar-refractivity contribution in [2.45, 2.75) is 19.1 Å². The number of carbonyl (C=O) groups excluding carboxylic acids is 1. The van der Waals surface area contributed by atoms with Crippen molar-refractivity contribution in [2.24, 2.45) is 5.92 Å². The maximum Gasteiger partial charge on any atom is 0.237 e. The standard InChI is InChI=1S/C11H13ClFNOS/c1-6(2)10(16)11(15)14-9-5-7(12)3-4-8(9)13/h3-6,10,16H,1-2H3,(H,14,15). The Balaban J connectivity index is 2.80. The summed E-state index contributed by atoms with van der Waals surface area (Å²) in [6.07, 6.45) is 0. The van der Waals surface area contributed by atoms with Gasteiger partial charge >= 0.3 is 0 Å². The first-order chi connectivity index (χ1) is 7.41. The molecule has 0 aliphatic rings. The number of hydrogen-bond donors (Lipinski definition) is 2. The molecule has 0 radical (unpaired) electrons. The second-order valence-electron chi connectivity index (χ2n) is 3.80. The van der Waals surface area contributed by atoms with E-state index in [1.54, 1.807) is 0 Å². The molecule has 1 aromatic rings. The summed E-state index contributed by atoms with van der Waals surface area (Å²) in [6.45, 7) is 3.73. The third-order valence-corrected chi connectivity index (χ3v) is 3.15. The average molecular weight is 262 g/mol. The number of rotatable bonds is 3. The molecular formula is C11H13ClFNOS. The minimum absolute atomic E-state index is 0.0746. The Kier molecular flexibility index (Phi) is 4.62. The number of carbonyl (C=O) groups is 1. The van der Waals surface area contributed by atoms with Crippen LogP contribution in [0.25, 0.3) is 0 Å². The van der Waals surface area contributed by atoms with Crippen LogP contribution in [-0.2, 0) is 4.79 Å². The van der Waals surface area contributed by atoms with E-state index in [1.807, 2.05) is 13.8 Å². The highest BCUT2D eigenvalue weighted by Crippen LogP contribution is 2.21. The Bertz CT molecular complexity index is 398. The Morgan fingerprint density at radius 1 is 1.50 bits per heavy atom. The van der Waals surface area contributed by atoms with E-state index in [1.165, 1.54) is 18.2 Å². The minimum Gasteiger partial charge on any atom is -0.323 e. The molecule has 0 aromatic heterocycles. The molecular weight excluding hydrogens is 249 g/mol. The number of amides is 1. The molecule has 0 spiro atoms. The molecule has 1 rings (SSSR count). The molecule has 0 fully saturated rings. The molecule has 0 saturated heterocycles. The molecule has 16 heavy (non-hydrogen) atoms. The van der Waals surface area contributed by atoms with Gasteiger partial charge in [-0.15, -0.1) is 0 Å². The smallest absolute Gasteiger partial charge is 0.237 e. The zero-order valence-corrected chi connectivity index (χ0v) is 10.6. The van der Waals surface area contributed by atoms with E-state index in [-0.39, 0.29) is 17.5 Å². The van der Waals surface area contributed by atoms with Crippen molar-refractivity contribution in [3.63, 3.8) is 0 Å². The molecule has 1 aromatic carbocycles. The van der Waals surface area contributed by atoms with Crippen LogP contribution in [0, 0.1) is 11.7 Å². The van der Waals surface area contributed by atoms with Crippen LogP contribution < -0.4 is 5.32 Å². The van der Waals surface area contributed by atoms with Gasteiger partial charge in [0.1, 0.15) is 5.82 Å². The van der Waals surface area contributed by atoms with Crippen LogP contribution in [0.5, 0.6) is 0 Å². The Morgan fingerprint density at radius 2 is 2.12 bits per heavy atom. The van der Waals surface area contributed by atoms with E-state index < -0.39 is 11.1 Å². The fraction of sp³-hybridized carbons (Fsp3) is 0.364. The van der Waals surface area contributed by atoms with E-state index in [2.05, 4.69) is 17.9 Å². The highest BCUT2D eigenvalue weighted by Gasteiger charge is 2.18. The highest BCUT2D eigenvalue weighted by atomic mass is 35.5. The van der Waals surface area contributed by atoms with E-state index in [0.717, 1.165) is 0 Å². The van der Waals surface area contributed by atoms with Gasteiger partial charge in [-0.2, -0.15) is 12.6 Å². The van der Waals surface area contributed by atoms with Crippen LogP contribution in [0.1, 0.15) is 13.8 Å². The molecule has 0 aliphatic carbocycles. The fourth-order valence-corrected chi connectivity index (χ4v) is 1.34. The molecule has 0 bridgehead atoms. The normalized spacial score (nSPS) is 12.6. The molecule has 5 heteroatoms. The van der Waals surface area contributed by atoms with Crippen molar-refractivity contribution >= 4 is 35.8 Å². The minimum atomic E-state index is -0.512. The third-order valence-electron chi connectivity index (χ3n) is 2.09. The van der Waals surface area contributed by atoms with Crippen LogP contribution in [-0.4, -0.2) is 11.2 Å². The SMILES string of the molecule is CC(C)C(S)C(=O)Nc1cc(Cl)ccc1F. The van der Waals surface area contributed by atoms with Gasteiger partial charge < -0.3 is 5.32 Å². The fourth-order valence-electron chi connectivity index (χ4n) is 1.10. The summed E-state index contributed by atoms with van der Waals surface area (Å²) in [5.74, 6) is -0.771. The maximum absolute atomic E-state index is 13.3. The van der Waals surface area contributed by atoms with Crippen LogP contribution in [0.4, 0.5) is 10.1 Å². The molecule has 1 amide bonds. The average Bonchev–Trinajstić information content (AvgIpc) is 2.22. The first-order valence-electron chi connectivity index (χ1n) is 4.86. The van der Waals surface area contributed by atoms with Crippen molar-refractivity contribution in [3.8, 4) is 0 Å². The second-order valence-corrected chi connectivity index (χ2v) is 4.80. The Morgan fingerprint density at radius 3 is 2.69 bits per heavy atom. The Labute approximate surface area is 105 Å². The molecule has 1 unspecified atom stereocenters. The van der Waals surface area contributed by atoms with Gasteiger partial charge in [-0.3, -0.25) is 4.79 Å². The number of halogens is 2. The van der Waals surface area contributed by atoms with Crippen molar-refractivity contribution in [1.29, 1.82) is 0 Å². The lowest BCUT2D eigenvalue weighted by atomic mass is 10.1. The largest absolute Gasteiger partial charge is 0.323 e. The number of benzene rings is 1. The molecule has 0 heterocycles. The molecule has 0 saturated carbocycles. The van der Waals surface area contributed by atoms with E-state index in [9.17, 15) is 9.18 Å². The summed E-state index contributed by atoms with van der Waals surface area (Å²) in [6, 6.07) is 4.00. The van der Waals surface area contributed by atoms with Crippen LogP contribution >= 0.6 is 24.2 Å². The monoisotopic (exact) mass is 261 g/mol. The second kappa shape index (κ2) is 5.55. The predicted molar refractivity (Wildman–Crippen MR) is 67.7 cm³/mol. The third kappa shape index (κ3) is 3.39. The summed E-state index contributed by atoms with van der Waals surface area (Å²) >= 11 is 9.85. The number of thiol groups is 1. The first kappa shape index (κ1) is 13.3. The van der Waals surface area contributed by atoms with Gasteiger partial charge in [0, 0.05) is 5.02 Å². The predicted octanol–water partition coefficient (Wildman–Crippen LogP) is 3.37. The van der Waals surface area contributed by atoms with Crippen molar-refractivity contribution in [2.75, 3.05) is 5.32 Å². The lowest BCUT2D eigenvalue weighted by molar-refractivity contribution is -0.116. The van der Waals surface area contributed by atoms with Gasteiger partial charge in [0.2, 0.25) is 5.91 Å². The number of nitrogens with one attached hydrogen (secondary N) is 1. The zero-order chi connectivity index (χ0) is 12.3. The van der Waals surface area contributed by atoms with Gasteiger partial charge in [-0.05, 0) is 24.1 Å². The van der Waals surface area contributed by atoms with Crippen molar-refractivity contribution < 1.29 is 9.18 Å². The quantitative estimate of drug-likeness (QED) is 0.803. The van der Waals surface area contributed by atoms with Crippen molar-refractivity contribution in [3.05, 3.63) is 29.0 Å². The molecule has 2 nitrogen and oxygen atoms in total. The van der Waals surface area contributed by atoms with Crippen LogP contribution in [0.15, 0.2) is 18.2 Å². The van der Waals surface area contributed by atoms with E-state index in [0.29, 0.717) is 5.02 Å². The Hall–Kier alpha value is -0.740. The summed E-state index contributed by atoms with van der Waals surface area (Å²) in [7, 11) is 0. The van der Waals surface area contributed by atoms with Gasteiger partial charge in [0.05, 0.1) is 10.9 Å². The van der Waals surface area contributed by atoms with E-state index in [4.69, 9.17) is 11.6 Å². The number of anilines is 1. The first-order valence-corrected chi connectivity index (χ1v) is 5.75. The topological polar surface area (TPSA) is 29.1 Å². The van der Waals surface area contributed by atoms with Gasteiger partial charge in [-0.25, -0.2) is 4.39 Å². The van der Waals surface area contributed by atoms with Gasteiger partial charge in [0.25, 0.3) is 0 Å². The lowest BCUT2D eigenvalue weighted by Gasteiger charge is -2.15. The maximum atomic E-state index is 13.3.